The van der Waals surface area contributed by atoms with E-state index in [1.807, 2.05) is 11.1 Å². The minimum Gasteiger partial charge on any atom is -0.296 e. The molecule has 352 valence electrons. The molecule has 1 heterocycles. The van der Waals surface area contributed by atoms with Crippen molar-refractivity contribution in [2.24, 2.45) is 112 Å². The Morgan fingerprint density at radius 2 is 1.10 bits per heavy atom. The summed E-state index contributed by atoms with van der Waals surface area (Å²) >= 11 is 2.78. The normalized spacial score (nSPS) is 47.1. The van der Waals surface area contributed by atoms with Crippen molar-refractivity contribution >= 4 is 22.6 Å². The van der Waals surface area contributed by atoms with Crippen LogP contribution in [0.4, 0.5) is 0 Å². The average Bonchev–Trinajstić information content (AvgIpc) is 4.03. The van der Waals surface area contributed by atoms with Gasteiger partial charge in [-0.1, -0.05) is 149 Å². The van der Waals surface area contributed by atoms with Crippen LogP contribution in [0.5, 0.6) is 0 Å². The van der Waals surface area contributed by atoms with Gasteiger partial charge in [-0.2, -0.15) is 0 Å². The number of rotatable bonds is 17. The zero-order chi connectivity index (χ0) is 42.0. The Balaban J connectivity index is 0.570. The monoisotopic (exact) mass is 970 g/mol. The van der Waals surface area contributed by atoms with E-state index in [1.54, 1.807) is 186 Å². The van der Waals surface area contributed by atoms with Crippen LogP contribution in [-0.4, -0.2) is 28.0 Å². The Morgan fingerprint density at radius 3 is 1.73 bits per heavy atom. The Bertz CT molecular complexity index is 1580. The van der Waals surface area contributed by atoms with E-state index in [0.717, 1.165) is 122 Å². The van der Waals surface area contributed by atoms with Crippen LogP contribution in [0, 0.1) is 112 Å². The van der Waals surface area contributed by atoms with E-state index in [2.05, 4.69) is 46.6 Å². The lowest BCUT2D eigenvalue weighted by Crippen LogP contribution is -2.50. The summed E-state index contributed by atoms with van der Waals surface area (Å²) in [7, 11) is 0. The summed E-state index contributed by atoms with van der Waals surface area (Å²) in [5.74, 6) is 20.3. The van der Waals surface area contributed by atoms with Crippen LogP contribution < -0.4 is 0 Å². The first-order chi connectivity index (χ1) is 31.0. The largest absolute Gasteiger partial charge is 0.296 e. The lowest BCUT2D eigenvalue weighted by atomic mass is 9.61. The summed E-state index contributed by atoms with van der Waals surface area (Å²) in [5, 5.41) is 0. The fourth-order valence-electron chi connectivity index (χ4n) is 18.9. The Morgan fingerprint density at radius 1 is 0.540 bits per heavy atom. The summed E-state index contributed by atoms with van der Waals surface area (Å²) < 4.78 is 0.856. The molecule has 0 amide bonds. The van der Waals surface area contributed by atoms with Crippen molar-refractivity contribution in [2.45, 2.75) is 229 Å². The molecular formula is C61H96IN. The van der Waals surface area contributed by atoms with Gasteiger partial charge in [0.25, 0.3) is 0 Å². The van der Waals surface area contributed by atoms with E-state index in [-0.39, 0.29) is 0 Å². The van der Waals surface area contributed by atoms with Crippen molar-refractivity contribution in [1.82, 2.24) is 4.90 Å². The molecule has 10 fully saturated rings. The molecule has 1 nitrogen and oxygen atoms in total. The molecule has 0 N–H and O–H groups in total. The fourth-order valence-corrected chi connectivity index (χ4v) is 19.7. The standard InChI is InChI=1S/C61H96IN/c1-39(62)58-38-60(58)61(63-26-24-49(25-27-63)54-33-53(34-54)45-10-3-8-44(9-4-11-45)43-6-2-7-43)57-35-55(36-57)46-12-5-13-50(23-22-46)59-37-56(59)32-41-15-14-40(28-41)30-52(48-20-21-48)31-42-16-17-51(29-42)47-18-19-47/h20,24,39-47,50-61H,2-19,21-23,25-38H2,1H3/t39-,40?,41?,42?,44?,45?,46?,50?,51?,52?,53?,54?,55?,56?,57?,58?,59?,60?,61?/m0/s1. The summed E-state index contributed by atoms with van der Waals surface area (Å²) in [4.78, 5) is 3.07. The first-order valence-corrected chi connectivity index (χ1v) is 31.0. The van der Waals surface area contributed by atoms with Gasteiger partial charge in [0, 0.05) is 23.1 Å². The minimum atomic E-state index is 0.856. The van der Waals surface area contributed by atoms with E-state index in [1.165, 1.54) is 38.8 Å². The highest BCUT2D eigenvalue weighted by molar-refractivity contribution is 14.1. The SMILES string of the molecule is C[C@H](I)C1CC1C(C1CC(C2CCCC(C3CC3CC3CCC(CC(CC4CCC(C5CC5)C4)C4=CC4)C3)CC2)C1)N1CC=C(C2CC(C3CCCC(C4CCC4)CCC3)C2)CC1. The van der Waals surface area contributed by atoms with Crippen molar-refractivity contribution in [3.8, 4) is 0 Å². The van der Waals surface area contributed by atoms with Crippen LogP contribution in [0.3, 0.4) is 0 Å². The predicted octanol–water partition coefficient (Wildman–Crippen LogP) is 17.1. The molecule has 63 heavy (non-hydrogen) atoms. The van der Waals surface area contributed by atoms with Gasteiger partial charge in [0.05, 0.1) is 0 Å². The molecule has 0 saturated heterocycles. The number of hydrogen-bond donors (Lipinski definition) is 0. The molecule has 0 spiro atoms. The molecule has 0 aromatic rings. The Labute approximate surface area is 402 Å². The molecular weight excluding hydrogens is 874 g/mol. The second-order valence-electron chi connectivity index (χ2n) is 27.1. The van der Waals surface area contributed by atoms with Crippen LogP contribution in [0.25, 0.3) is 0 Å². The van der Waals surface area contributed by atoms with Crippen molar-refractivity contribution in [1.29, 1.82) is 0 Å². The van der Waals surface area contributed by atoms with Gasteiger partial charge in [-0.3, -0.25) is 4.90 Å². The highest BCUT2D eigenvalue weighted by atomic mass is 127. The molecule has 10 saturated carbocycles. The maximum Gasteiger partial charge on any atom is 0.0169 e. The van der Waals surface area contributed by atoms with Crippen LogP contribution >= 0.6 is 22.6 Å². The zero-order valence-electron chi connectivity index (χ0n) is 40.9. The first kappa shape index (κ1) is 44.4. The van der Waals surface area contributed by atoms with Crippen molar-refractivity contribution in [3.05, 3.63) is 23.3 Å². The predicted molar refractivity (Wildman–Crippen MR) is 274 cm³/mol. The molecule has 0 radical (unpaired) electrons. The number of allylic oxidation sites excluding steroid dienone is 2. The van der Waals surface area contributed by atoms with Gasteiger partial charge in [0.15, 0.2) is 0 Å². The first-order valence-electron chi connectivity index (χ1n) is 29.7. The molecule has 0 aromatic heterocycles. The Kier molecular flexibility index (Phi) is 13.8. The second-order valence-corrected chi connectivity index (χ2v) is 29.1. The second kappa shape index (κ2) is 19.5. The van der Waals surface area contributed by atoms with E-state index in [4.69, 9.17) is 0 Å². The number of nitrogens with zero attached hydrogens (tertiary/aromatic N) is 1. The highest BCUT2D eigenvalue weighted by Gasteiger charge is 2.54. The van der Waals surface area contributed by atoms with Crippen LogP contribution in [0.1, 0.15) is 219 Å². The van der Waals surface area contributed by atoms with Gasteiger partial charge in [0.1, 0.15) is 0 Å². The lowest BCUT2D eigenvalue weighted by molar-refractivity contribution is 0.0169. The molecule has 11 aliphatic carbocycles. The molecule has 13 atom stereocenters. The lowest BCUT2D eigenvalue weighted by Gasteiger charge is -2.50. The van der Waals surface area contributed by atoms with Crippen molar-refractivity contribution in [3.63, 3.8) is 0 Å². The number of alkyl halides is 1. The van der Waals surface area contributed by atoms with Crippen LogP contribution in [0.15, 0.2) is 23.3 Å². The van der Waals surface area contributed by atoms with Crippen LogP contribution in [-0.2, 0) is 0 Å². The third kappa shape index (κ3) is 10.4. The summed E-state index contributed by atoms with van der Waals surface area (Å²) in [6.45, 7) is 5.21. The molecule has 0 aromatic carbocycles. The van der Waals surface area contributed by atoms with Crippen molar-refractivity contribution < 1.29 is 0 Å². The number of hydrogen-bond acceptors (Lipinski definition) is 1. The molecule has 1 aliphatic heterocycles. The smallest absolute Gasteiger partial charge is 0.0169 e. The Hall–Kier alpha value is 0.170. The number of halogens is 1. The minimum absolute atomic E-state index is 0.856. The molecule has 2 heteroatoms. The fraction of sp³-hybridized carbons (Fsp3) is 0.934. The van der Waals surface area contributed by atoms with Gasteiger partial charge in [-0.05, 0) is 228 Å². The van der Waals surface area contributed by atoms with Gasteiger partial charge in [-0.25, -0.2) is 0 Å². The summed E-state index contributed by atoms with van der Waals surface area (Å²) in [5.41, 5.74) is 3.80. The topological polar surface area (TPSA) is 3.24 Å². The molecule has 12 rings (SSSR count). The van der Waals surface area contributed by atoms with E-state index < -0.39 is 0 Å². The van der Waals surface area contributed by atoms with Gasteiger partial charge < -0.3 is 0 Å². The quantitative estimate of drug-likeness (QED) is 0.0608. The van der Waals surface area contributed by atoms with Crippen LogP contribution in [0.2, 0.25) is 0 Å². The molecule has 0 bridgehead atoms. The van der Waals surface area contributed by atoms with Gasteiger partial charge in [0.2, 0.25) is 0 Å². The average molecular weight is 970 g/mol. The summed E-state index contributed by atoms with van der Waals surface area (Å²) in [6, 6.07) is 0.902. The van der Waals surface area contributed by atoms with Gasteiger partial charge in [-0.15, -0.1) is 0 Å². The van der Waals surface area contributed by atoms with E-state index in [9.17, 15) is 0 Å². The highest BCUT2D eigenvalue weighted by Crippen LogP contribution is 2.59. The van der Waals surface area contributed by atoms with E-state index in [0.29, 0.717) is 0 Å². The zero-order valence-corrected chi connectivity index (χ0v) is 43.0. The van der Waals surface area contributed by atoms with Crippen molar-refractivity contribution in [2.75, 3.05) is 13.1 Å². The third-order valence-electron chi connectivity index (χ3n) is 23.5. The third-order valence-corrected chi connectivity index (χ3v) is 24.4. The van der Waals surface area contributed by atoms with Gasteiger partial charge >= 0.3 is 0 Å². The summed E-state index contributed by atoms with van der Waals surface area (Å²) in [6.07, 6.45) is 57.0. The van der Waals surface area contributed by atoms with E-state index >= 15 is 0 Å². The maximum absolute atomic E-state index is 3.07. The molecule has 12 aliphatic rings. The maximum atomic E-state index is 3.07. The molecule has 12 unspecified atom stereocenters.